The molecule has 1 aromatic carbocycles. The van der Waals surface area contributed by atoms with E-state index in [0.717, 1.165) is 12.0 Å². The lowest BCUT2D eigenvalue weighted by Gasteiger charge is -2.12. The van der Waals surface area contributed by atoms with Crippen molar-refractivity contribution in [3.05, 3.63) is 50.7 Å². The highest BCUT2D eigenvalue weighted by atomic mass is 16.3. The van der Waals surface area contributed by atoms with Gasteiger partial charge in [0, 0.05) is 6.54 Å². The fourth-order valence-electron chi connectivity index (χ4n) is 2.58. The molecular formula is C16H18N2O3. The summed E-state index contributed by atoms with van der Waals surface area (Å²) in [5.41, 5.74) is 0.607. The van der Waals surface area contributed by atoms with Crippen molar-refractivity contribution in [2.24, 2.45) is 5.92 Å². The van der Waals surface area contributed by atoms with E-state index >= 15 is 0 Å². The number of aromatic nitrogens is 2. The molecular weight excluding hydrogens is 268 g/mol. The molecule has 1 aromatic heterocycles. The molecule has 1 aliphatic rings. The molecule has 5 heteroatoms. The summed E-state index contributed by atoms with van der Waals surface area (Å²) in [4.78, 5) is 26.3. The van der Waals surface area contributed by atoms with E-state index in [4.69, 9.17) is 0 Å². The van der Waals surface area contributed by atoms with Crippen LogP contribution in [0.1, 0.15) is 24.8 Å². The van der Waals surface area contributed by atoms with Gasteiger partial charge in [-0.3, -0.25) is 14.3 Å². The van der Waals surface area contributed by atoms with E-state index in [2.05, 4.69) is 4.98 Å². The number of H-pyrrole nitrogens is 1. The Hall–Kier alpha value is -2.30. The van der Waals surface area contributed by atoms with Crippen LogP contribution < -0.4 is 11.2 Å². The van der Waals surface area contributed by atoms with Gasteiger partial charge in [0.1, 0.15) is 5.56 Å². The molecule has 2 N–H and O–H groups in total. The molecule has 0 aliphatic heterocycles. The molecule has 21 heavy (non-hydrogen) atoms. The fourth-order valence-corrected chi connectivity index (χ4v) is 2.58. The molecule has 0 amide bonds. The lowest BCUT2D eigenvalue weighted by Crippen LogP contribution is -2.31. The molecule has 1 saturated carbocycles. The SMILES string of the molecule is Cc1ccccc1-c1c(O)n(CCC2CC2)c(=O)[nH]c1=O. The van der Waals surface area contributed by atoms with Crippen molar-refractivity contribution in [2.45, 2.75) is 32.7 Å². The summed E-state index contributed by atoms with van der Waals surface area (Å²) >= 11 is 0. The number of nitrogens with one attached hydrogen (secondary N) is 1. The highest BCUT2D eigenvalue weighted by molar-refractivity contribution is 5.70. The molecule has 1 heterocycles. The Balaban J connectivity index is 2.11. The van der Waals surface area contributed by atoms with Crippen LogP contribution in [0.5, 0.6) is 5.88 Å². The average molecular weight is 286 g/mol. The smallest absolute Gasteiger partial charge is 0.331 e. The van der Waals surface area contributed by atoms with Crippen LogP contribution in [-0.2, 0) is 6.54 Å². The molecule has 0 unspecified atom stereocenters. The van der Waals surface area contributed by atoms with Crippen LogP contribution in [0.3, 0.4) is 0 Å². The topological polar surface area (TPSA) is 75.1 Å². The summed E-state index contributed by atoms with van der Waals surface area (Å²) in [5.74, 6) is 0.406. The highest BCUT2D eigenvalue weighted by Gasteiger charge is 2.23. The minimum Gasteiger partial charge on any atom is -0.494 e. The minimum absolute atomic E-state index is 0.170. The van der Waals surface area contributed by atoms with Crippen LogP contribution >= 0.6 is 0 Å². The Labute approximate surface area is 121 Å². The number of aryl methyl sites for hydroxylation is 1. The fraction of sp³-hybridized carbons (Fsp3) is 0.375. The van der Waals surface area contributed by atoms with Crippen molar-refractivity contribution < 1.29 is 5.11 Å². The van der Waals surface area contributed by atoms with Gasteiger partial charge in [-0.1, -0.05) is 37.1 Å². The second-order valence-corrected chi connectivity index (χ2v) is 5.66. The first-order chi connectivity index (χ1) is 10.1. The second kappa shape index (κ2) is 5.24. The standard InChI is InChI=1S/C16H18N2O3/c1-10-4-2-3-5-12(10)13-14(19)17-16(21)18(15(13)20)9-8-11-6-7-11/h2-5,11,20H,6-9H2,1H3,(H,17,19,21). The first-order valence-electron chi connectivity index (χ1n) is 7.20. The van der Waals surface area contributed by atoms with E-state index in [1.54, 1.807) is 12.1 Å². The first-order valence-corrected chi connectivity index (χ1v) is 7.20. The summed E-state index contributed by atoms with van der Waals surface area (Å²) in [6.07, 6.45) is 3.22. The molecule has 3 rings (SSSR count). The largest absolute Gasteiger partial charge is 0.494 e. The van der Waals surface area contributed by atoms with E-state index in [-0.39, 0.29) is 11.4 Å². The maximum absolute atomic E-state index is 12.1. The van der Waals surface area contributed by atoms with Crippen LogP contribution in [0.4, 0.5) is 0 Å². The van der Waals surface area contributed by atoms with Crippen LogP contribution in [0.15, 0.2) is 33.9 Å². The number of benzene rings is 1. The lowest BCUT2D eigenvalue weighted by atomic mass is 10.0. The van der Waals surface area contributed by atoms with Crippen molar-refractivity contribution in [3.8, 4) is 17.0 Å². The molecule has 0 spiro atoms. The van der Waals surface area contributed by atoms with Crippen molar-refractivity contribution >= 4 is 0 Å². The molecule has 5 nitrogen and oxygen atoms in total. The second-order valence-electron chi connectivity index (χ2n) is 5.66. The van der Waals surface area contributed by atoms with E-state index < -0.39 is 11.2 Å². The zero-order valence-electron chi connectivity index (χ0n) is 11.9. The van der Waals surface area contributed by atoms with Gasteiger partial charge in [-0.05, 0) is 30.4 Å². The summed E-state index contributed by atoms with van der Waals surface area (Å²) in [5, 5.41) is 10.4. The maximum Gasteiger partial charge on any atom is 0.331 e. The molecule has 0 saturated heterocycles. The first kappa shape index (κ1) is 13.7. The minimum atomic E-state index is -0.547. The Morgan fingerprint density at radius 1 is 1.29 bits per heavy atom. The Morgan fingerprint density at radius 3 is 2.67 bits per heavy atom. The van der Waals surface area contributed by atoms with Crippen molar-refractivity contribution in [2.75, 3.05) is 0 Å². The molecule has 0 radical (unpaired) electrons. The third kappa shape index (κ3) is 2.63. The van der Waals surface area contributed by atoms with E-state index in [1.807, 2.05) is 19.1 Å². The zero-order chi connectivity index (χ0) is 15.0. The monoisotopic (exact) mass is 286 g/mol. The van der Waals surface area contributed by atoms with Gasteiger partial charge in [0.25, 0.3) is 5.56 Å². The van der Waals surface area contributed by atoms with Gasteiger partial charge in [0.05, 0.1) is 0 Å². The number of hydrogen-bond donors (Lipinski definition) is 2. The number of aromatic hydroxyl groups is 1. The van der Waals surface area contributed by atoms with Gasteiger partial charge in [-0.25, -0.2) is 4.79 Å². The van der Waals surface area contributed by atoms with Gasteiger partial charge in [0.15, 0.2) is 0 Å². The van der Waals surface area contributed by atoms with Crippen LogP contribution in [0, 0.1) is 12.8 Å². The summed E-state index contributed by atoms with van der Waals surface area (Å²) in [7, 11) is 0. The van der Waals surface area contributed by atoms with Crippen molar-refractivity contribution in [1.29, 1.82) is 0 Å². The lowest BCUT2D eigenvalue weighted by molar-refractivity contribution is 0.395. The Morgan fingerprint density at radius 2 is 2.00 bits per heavy atom. The third-order valence-corrected chi connectivity index (χ3v) is 4.04. The van der Waals surface area contributed by atoms with Gasteiger partial charge in [-0.15, -0.1) is 0 Å². The predicted octanol–water partition coefficient (Wildman–Crippen LogP) is 2.02. The van der Waals surface area contributed by atoms with Gasteiger partial charge >= 0.3 is 5.69 Å². The number of aromatic amines is 1. The normalized spacial score (nSPS) is 14.3. The molecule has 1 fully saturated rings. The molecule has 1 aliphatic carbocycles. The van der Waals surface area contributed by atoms with Crippen LogP contribution in [0.25, 0.3) is 11.1 Å². The number of hydrogen-bond acceptors (Lipinski definition) is 3. The van der Waals surface area contributed by atoms with Crippen LogP contribution in [-0.4, -0.2) is 14.7 Å². The number of nitrogens with zero attached hydrogens (tertiary/aromatic N) is 1. The van der Waals surface area contributed by atoms with Crippen LogP contribution in [0.2, 0.25) is 0 Å². The predicted molar refractivity (Wildman–Crippen MR) is 80.5 cm³/mol. The van der Waals surface area contributed by atoms with Gasteiger partial charge < -0.3 is 5.11 Å². The van der Waals surface area contributed by atoms with Crippen molar-refractivity contribution in [3.63, 3.8) is 0 Å². The molecule has 0 bridgehead atoms. The third-order valence-electron chi connectivity index (χ3n) is 4.04. The quantitative estimate of drug-likeness (QED) is 0.903. The van der Waals surface area contributed by atoms with E-state index in [1.165, 1.54) is 17.4 Å². The van der Waals surface area contributed by atoms with E-state index in [9.17, 15) is 14.7 Å². The molecule has 2 aromatic rings. The highest BCUT2D eigenvalue weighted by Crippen LogP contribution is 2.33. The zero-order valence-corrected chi connectivity index (χ0v) is 11.9. The summed E-state index contributed by atoms with van der Waals surface area (Å²) in [6.45, 7) is 2.30. The van der Waals surface area contributed by atoms with Crippen molar-refractivity contribution in [1.82, 2.24) is 9.55 Å². The average Bonchev–Trinajstić information content (AvgIpc) is 3.24. The summed E-state index contributed by atoms with van der Waals surface area (Å²) in [6, 6.07) is 7.32. The Bertz CT molecular complexity index is 785. The maximum atomic E-state index is 12.1. The number of rotatable bonds is 4. The Kier molecular flexibility index (Phi) is 3.41. The van der Waals surface area contributed by atoms with E-state index in [0.29, 0.717) is 18.0 Å². The van der Waals surface area contributed by atoms with Gasteiger partial charge in [0.2, 0.25) is 5.88 Å². The molecule has 0 atom stereocenters. The van der Waals surface area contributed by atoms with Gasteiger partial charge in [-0.2, -0.15) is 0 Å². The summed E-state index contributed by atoms with van der Waals surface area (Å²) < 4.78 is 1.27. The molecule has 110 valence electrons.